The van der Waals surface area contributed by atoms with Crippen LogP contribution in [0.25, 0.3) is 11.1 Å². The number of aryl methyl sites for hydroxylation is 1. The van der Waals surface area contributed by atoms with E-state index in [1.165, 1.54) is 16.7 Å². The quantitative estimate of drug-likeness (QED) is 0.716. The van der Waals surface area contributed by atoms with Gasteiger partial charge >= 0.3 is 0 Å². The third-order valence-electron chi connectivity index (χ3n) is 2.45. The molecule has 1 heteroatoms. The average molecular weight is 197 g/mol. The molecule has 0 heterocycles. The maximum absolute atomic E-state index is 5.16. The Morgan fingerprint density at radius 2 is 1.93 bits per heavy atom. The molecule has 0 atom stereocenters. The second-order valence-electron chi connectivity index (χ2n) is 3.46. The molecule has 0 amide bonds. The predicted octanol–water partition coefficient (Wildman–Crippen LogP) is 3.47. The van der Waals surface area contributed by atoms with Crippen LogP contribution in [0.1, 0.15) is 5.56 Å². The van der Waals surface area contributed by atoms with Gasteiger partial charge in [0.1, 0.15) is 5.75 Å². The van der Waals surface area contributed by atoms with Gasteiger partial charge in [0.15, 0.2) is 0 Å². The van der Waals surface area contributed by atoms with E-state index in [-0.39, 0.29) is 0 Å². The largest absolute Gasteiger partial charge is 0.496 e. The zero-order valence-electron chi connectivity index (χ0n) is 8.95. The molecule has 75 valence electrons. The molecule has 0 N–H and O–H groups in total. The number of rotatable bonds is 2. The van der Waals surface area contributed by atoms with Gasteiger partial charge in [0.25, 0.3) is 0 Å². The van der Waals surface area contributed by atoms with Crippen molar-refractivity contribution in [3.63, 3.8) is 0 Å². The fourth-order valence-corrected chi connectivity index (χ4v) is 1.63. The monoisotopic (exact) mass is 197 g/mol. The Balaban J connectivity index is 2.49. The molecule has 0 aromatic heterocycles. The summed E-state index contributed by atoms with van der Waals surface area (Å²) in [7, 11) is 1.66. The van der Waals surface area contributed by atoms with Gasteiger partial charge in [-0.15, -0.1) is 0 Å². The summed E-state index contributed by atoms with van der Waals surface area (Å²) in [6.45, 7) is 2.11. The SMILES string of the molecule is COc1[c]ccc(-c2ccccc2C)c1. The maximum Gasteiger partial charge on any atom is 0.127 e. The zero-order chi connectivity index (χ0) is 10.7. The van der Waals surface area contributed by atoms with Crippen molar-refractivity contribution in [2.45, 2.75) is 6.92 Å². The van der Waals surface area contributed by atoms with Crippen molar-refractivity contribution in [3.05, 3.63) is 54.1 Å². The molecular weight excluding hydrogens is 184 g/mol. The number of ether oxygens (including phenoxy) is 1. The predicted molar refractivity (Wildman–Crippen MR) is 62.0 cm³/mol. The van der Waals surface area contributed by atoms with Crippen molar-refractivity contribution in [2.75, 3.05) is 7.11 Å². The Kier molecular flexibility index (Phi) is 2.72. The molecule has 2 aromatic rings. The van der Waals surface area contributed by atoms with E-state index in [4.69, 9.17) is 4.74 Å². The molecule has 0 bridgehead atoms. The minimum atomic E-state index is 0.774. The van der Waals surface area contributed by atoms with E-state index in [1.54, 1.807) is 7.11 Å². The van der Waals surface area contributed by atoms with E-state index in [1.807, 2.05) is 30.3 Å². The number of benzene rings is 2. The van der Waals surface area contributed by atoms with E-state index in [0.717, 1.165) is 5.75 Å². The van der Waals surface area contributed by atoms with Crippen LogP contribution in [-0.2, 0) is 0 Å². The van der Waals surface area contributed by atoms with E-state index in [2.05, 4.69) is 25.1 Å². The second kappa shape index (κ2) is 4.18. The molecule has 0 saturated heterocycles. The van der Waals surface area contributed by atoms with Crippen LogP contribution in [0, 0.1) is 13.0 Å². The van der Waals surface area contributed by atoms with Crippen molar-refractivity contribution in [2.24, 2.45) is 0 Å². The zero-order valence-corrected chi connectivity index (χ0v) is 8.95. The molecule has 0 saturated carbocycles. The number of methoxy groups -OCH3 is 1. The number of hydrogen-bond donors (Lipinski definition) is 0. The van der Waals surface area contributed by atoms with Crippen molar-refractivity contribution in [1.82, 2.24) is 0 Å². The Labute approximate surface area is 90.3 Å². The summed E-state index contributed by atoms with van der Waals surface area (Å²) in [5.74, 6) is 0.774. The third kappa shape index (κ3) is 2.01. The van der Waals surface area contributed by atoms with Crippen LogP contribution >= 0.6 is 0 Å². The highest BCUT2D eigenvalue weighted by Gasteiger charge is 2.01. The molecule has 1 nitrogen and oxygen atoms in total. The van der Waals surface area contributed by atoms with Crippen LogP contribution < -0.4 is 4.74 Å². The lowest BCUT2D eigenvalue weighted by Gasteiger charge is -2.06. The van der Waals surface area contributed by atoms with E-state index in [0.29, 0.717) is 0 Å². The molecule has 0 fully saturated rings. The molecule has 2 rings (SSSR count). The van der Waals surface area contributed by atoms with Crippen molar-refractivity contribution in [3.8, 4) is 16.9 Å². The first-order chi connectivity index (χ1) is 7.31. The molecule has 0 spiro atoms. The van der Waals surface area contributed by atoms with E-state index in [9.17, 15) is 0 Å². The third-order valence-corrected chi connectivity index (χ3v) is 2.45. The van der Waals surface area contributed by atoms with Crippen LogP contribution in [0.2, 0.25) is 0 Å². The lowest BCUT2D eigenvalue weighted by atomic mass is 10.0. The van der Waals surface area contributed by atoms with Crippen LogP contribution in [0.5, 0.6) is 5.75 Å². The van der Waals surface area contributed by atoms with Gasteiger partial charge in [-0.05, 0) is 35.7 Å². The first-order valence-electron chi connectivity index (χ1n) is 4.93. The highest BCUT2D eigenvalue weighted by Crippen LogP contribution is 2.25. The average Bonchev–Trinajstić information content (AvgIpc) is 2.30. The van der Waals surface area contributed by atoms with Gasteiger partial charge in [-0.25, -0.2) is 0 Å². The minimum absolute atomic E-state index is 0.774. The van der Waals surface area contributed by atoms with Gasteiger partial charge < -0.3 is 4.74 Å². The summed E-state index contributed by atoms with van der Waals surface area (Å²) in [6, 6.07) is 17.3. The molecule has 15 heavy (non-hydrogen) atoms. The normalized spacial score (nSPS) is 10.0. The first-order valence-corrected chi connectivity index (χ1v) is 4.93. The topological polar surface area (TPSA) is 9.23 Å². The molecule has 2 aromatic carbocycles. The second-order valence-corrected chi connectivity index (χ2v) is 3.46. The van der Waals surface area contributed by atoms with Crippen LogP contribution in [-0.4, -0.2) is 7.11 Å². The van der Waals surface area contributed by atoms with Gasteiger partial charge in [0.05, 0.1) is 7.11 Å². The van der Waals surface area contributed by atoms with Gasteiger partial charge in [-0.3, -0.25) is 0 Å². The number of hydrogen-bond acceptors (Lipinski definition) is 1. The summed E-state index contributed by atoms with van der Waals surface area (Å²) in [6.07, 6.45) is 0. The Morgan fingerprint density at radius 3 is 2.67 bits per heavy atom. The minimum Gasteiger partial charge on any atom is -0.496 e. The summed E-state index contributed by atoms with van der Waals surface area (Å²) in [5, 5.41) is 0. The summed E-state index contributed by atoms with van der Waals surface area (Å²) in [4.78, 5) is 0. The summed E-state index contributed by atoms with van der Waals surface area (Å²) in [5.41, 5.74) is 3.68. The van der Waals surface area contributed by atoms with Gasteiger partial charge in [0, 0.05) is 6.07 Å². The summed E-state index contributed by atoms with van der Waals surface area (Å²) >= 11 is 0. The fraction of sp³-hybridized carbons (Fsp3) is 0.143. The Morgan fingerprint density at radius 1 is 1.13 bits per heavy atom. The molecule has 0 aliphatic carbocycles. The van der Waals surface area contributed by atoms with Gasteiger partial charge in [-0.2, -0.15) is 0 Å². The van der Waals surface area contributed by atoms with Crippen molar-refractivity contribution < 1.29 is 4.74 Å². The molecule has 1 radical (unpaired) electrons. The van der Waals surface area contributed by atoms with Crippen LogP contribution in [0.4, 0.5) is 0 Å². The smallest absolute Gasteiger partial charge is 0.127 e. The van der Waals surface area contributed by atoms with Gasteiger partial charge in [0.2, 0.25) is 0 Å². The Bertz CT molecular complexity index is 460. The molecule has 0 unspecified atom stereocenters. The lowest BCUT2D eigenvalue weighted by molar-refractivity contribution is 0.414. The highest BCUT2D eigenvalue weighted by atomic mass is 16.5. The maximum atomic E-state index is 5.16. The molecular formula is C14H13O. The summed E-state index contributed by atoms with van der Waals surface area (Å²) < 4.78 is 5.16. The fourth-order valence-electron chi connectivity index (χ4n) is 1.63. The molecule has 0 aliphatic rings. The van der Waals surface area contributed by atoms with Crippen LogP contribution in [0.15, 0.2) is 42.5 Å². The lowest BCUT2D eigenvalue weighted by Crippen LogP contribution is -1.85. The Hall–Kier alpha value is -1.76. The van der Waals surface area contributed by atoms with Crippen molar-refractivity contribution >= 4 is 0 Å². The van der Waals surface area contributed by atoms with Gasteiger partial charge in [-0.1, -0.05) is 30.3 Å². The van der Waals surface area contributed by atoms with E-state index < -0.39 is 0 Å². The molecule has 0 aliphatic heterocycles. The van der Waals surface area contributed by atoms with E-state index >= 15 is 0 Å². The highest BCUT2D eigenvalue weighted by molar-refractivity contribution is 5.68. The standard InChI is InChI=1S/C14H13O/c1-11-6-3-4-9-14(11)12-7-5-8-13(10-12)15-2/h3-7,9-10H,1-2H3. The first kappa shape index (κ1) is 9.78. The van der Waals surface area contributed by atoms with Crippen LogP contribution in [0.3, 0.4) is 0 Å². The van der Waals surface area contributed by atoms with Crippen molar-refractivity contribution in [1.29, 1.82) is 0 Å².